The Balaban J connectivity index is 3.19. The van der Waals surface area contributed by atoms with E-state index in [-0.39, 0.29) is 6.04 Å². The summed E-state index contributed by atoms with van der Waals surface area (Å²) in [6, 6.07) is 0.172. The van der Waals surface area contributed by atoms with E-state index in [9.17, 15) is 0 Å². The lowest BCUT2D eigenvalue weighted by molar-refractivity contribution is 0.301. The number of halogens is 1. The number of ether oxygens (including phenoxy) is 1. The number of benzene rings is 1. The molecule has 0 aliphatic heterocycles. The van der Waals surface area contributed by atoms with Crippen LogP contribution in [0.25, 0.3) is 0 Å². The quantitative estimate of drug-likeness (QED) is 0.902. The minimum atomic E-state index is 0.172. The van der Waals surface area contributed by atoms with Gasteiger partial charge in [-0.15, -0.1) is 0 Å². The summed E-state index contributed by atoms with van der Waals surface area (Å²) >= 11 is 3.69. The Kier molecular flexibility index (Phi) is 5.83. The van der Waals surface area contributed by atoms with Gasteiger partial charge >= 0.3 is 0 Å². The Morgan fingerprint density at radius 3 is 2.26 bits per heavy atom. The molecule has 1 unspecified atom stereocenters. The summed E-state index contributed by atoms with van der Waals surface area (Å²) in [4.78, 5) is 2.23. The monoisotopic (exact) mass is 328 g/mol. The number of likely N-dealkylation sites (N-methyl/N-ethyl adjacent to an activating group) is 1. The molecule has 0 saturated carbocycles. The van der Waals surface area contributed by atoms with E-state index >= 15 is 0 Å². The predicted octanol–water partition coefficient (Wildman–Crippen LogP) is 3.16. The Hall–Kier alpha value is -0.580. The van der Waals surface area contributed by atoms with Crippen LogP contribution in [0.5, 0.6) is 5.75 Å². The van der Waals surface area contributed by atoms with E-state index in [0.29, 0.717) is 0 Å². The van der Waals surface area contributed by atoms with Crippen LogP contribution in [0.4, 0.5) is 0 Å². The zero-order valence-corrected chi connectivity index (χ0v) is 14.4. The number of methoxy groups -OCH3 is 1. The first-order valence-corrected chi connectivity index (χ1v) is 7.35. The number of hydrogen-bond acceptors (Lipinski definition) is 3. The molecule has 0 aliphatic rings. The van der Waals surface area contributed by atoms with Crippen molar-refractivity contribution in [1.82, 2.24) is 4.90 Å². The maximum atomic E-state index is 5.86. The van der Waals surface area contributed by atoms with Crippen molar-refractivity contribution >= 4 is 15.9 Å². The molecular formula is C15H25BrN2O. The van der Waals surface area contributed by atoms with Crippen LogP contribution in [0.2, 0.25) is 0 Å². The molecule has 0 aliphatic carbocycles. The van der Waals surface area contributed by atoms with Crippen LogP contribution in [0.15, 0.2) is 4.47 Å². The molecule has 0 spiro atoms. The highest BCUT2D eigenvalue weighted by atomic mass is 79.9. The maximum absolute atomic E-state index is 5.86. The highest BCUT2D eigenvalue weighted by Gasteiger charge is 2.18. The van der Waals surface area contributed by atoms with Crippen molar-refractivity contribution in [2.45, 2.75) is 40.3 Å². The van der Waals surface area contributed by atoms with E-state index in [1.54, 1.807) is 7.11 Å². The second kappa shape index (κ2) is 6.73. The van der Waals surface area contributed by atoms with Gasteiger partial charge in [0.05, 0.1) is 7.11 Å². The summed E-state index contributed by atoms with van der Waals surface area (Å²) in [5.41, 5.74) is 10.8. The predicted molar refractivity (Wildman–Crippen MR) is 84.9 cm³/mol. The van der Waals surface area contributed by atoms with Crippen LogP contribution >= 0.6 is 15.9 Å². The van der Waals surface area contributed by atoms with Gasteiger partial charge < -0.3 is 15.4 Å². The normalized spacial score (nSPS) is 12.9. The molecule has 108 valence electrons. The van der Waals surface area contributed by atoms with Crippen LogP contribution in [0, 0.1) is 20.8 Å². The van der Waals surface area contributed by atoms with Crippen molar-refractivity contribution < 1.29 is 4.74 Å². The molecule has 0 radical (unpaired) electrons. The summed E-state index contributed by atoms with van der Waals surface area (Å²) < 4.78 is 6.80. The number of nitrogens with zero attached hydrogens (tertiary/aromatic N) is 1. The third-order valence-electron chi connectivity index (χ3n) is 3.52. The molecule has 0 heterocycles. The summed E-state index contributed by atoms with van der Waals surface area (Å²) in [6.45, 7) is 10.1. The first-order valence-electron chi connectivity index (χ1n) is 6.55. The average molecular weight is 329 g/mol. The van der Waals surface area contributed by atoms with Gasteiger partial charge in [0, 0.05) is 29.2 Å². The van der Waals surface area contributed by atoms with Crippen LogP contribution in [-0.4, -0.2) is 31.6 Å². The van der Waals surface area contributed by atoms with Crippen LogP contribution < -0.4 is 10.5 Å². The molecule has 0 fully saturated rings. The van der Waals surface area contributed by atoms with Gasteiger partial charge in [0.15, 0.2) is 0 Å². The SMILES string of the molecule is COc1c(C)c(C)c(Br)c(C)c1CN(C)CC(C)N. The van der Waals surface area contributed by atoms with Crippen molar-refractivity contribution in [1.29, 1.82) is 0 Å². The van der Waals surface area contributed by atoms with Gasteiger partial charge in [0.2, 0.25) is 0 Å². The van der Waals surface area contributed by atoms with E-state index in [0.717, 1.165) is 18.8 Å². The third kappa shape index (κ3) is 3.71. The molecule has 1 aromatic carbocycles. The maximum Gasteiger partial charge on any atom is 0.126 e. The van der Waals surface area contributed by atoms with E-state index in [4.69, 9.17) is 10.5 Å². The fraction of sp³-hybridized carbons (Fsp3) is 0.600. The lowest BCUT2D eigenvalue weighted by Gasteiger charge is -2.24. The molecule has 1 rings (SSSR count). The van der Waals surface area contributed by atoms with Gasteiger partial charge in [0.1, 0.15) is 5.75 Å². The molecule has 0 amide bonds. The Labute approximate surface area is 125 Å². The largest absolute Gasteiger partial charge is 0.496 e. The van der Waals surface area contributed by atoms with Gasteiger partial charge in [-0.25, -0.2) is 0 Å². The smallest absolute Gasteiger partial charge is 0.126 e. The molecule has 0 aromatic heterocycles. The molecule has 19 heavy (non-hydrogen) atoms. The van der Waals surface area contributed by atoms with E-state index in [1.165, 1.54) is 26.7 Å². The zero-order valence-electron chi connectivity index (χ0n) is 12.8. The fourth-order valence-corrected chi connectivity index (χ4v) is 2.97. The Bertz CT molecular complexity index is 458. The highest BCUT2D eigenvalue weighted by molar-refractivity contribution is 9.10. The molecular weight excluding hydrogens is 304 g/mol. The van der Waals surface area contributed by atoms with Gasteiger partial charge in [-0.05, 0) is 51.4 Å². The number of rotatable bonds is 5. The van der Waals surface area contributed by atoms with Gasteiger partial charge in [-0.2, -0.15) is 0 Å². The first kappa shape index (κ1) is 16.5. The van der Waals surface area contributed by atoms with Crippen molar-refractivity contribution in [2.75, 3.05) is 20.7 Å². The summed E-state index contributed by atoms with van der Waals surface area (Å²) in [7, 11) is 3.83. The highest BCUT2D eigenvalue weighted by Crippen LogP contribution is 2.36. The topological polar surface area (TPSA) is 38.5 Å². The van der Waals surface area contributed by atoms with Crippen LogP contribution in [-0.2, 0) is 6.54 Å². The lowest BCUT2D eigenvalue weighted by atomic mass is 9.98. The molecule has 1 atom stereocenters. The minimum absolute atomic E-state index is 0.172. The Morgan fingerprint density at radius 1 is 1.21 bits per heavy atom. The van der Waals surface area contributed by atoms with E-state index < -0.39 is 0 Å². The zero-order chi connectivity index (χ0) is 14.7. The van der Waals surface area contributed by atoms with Crippen molar-refractivity contribution in [3.05, 3.63) is 26.7 Å². The van der Waals surface area contributed by atoms with Gasteiger partial charge in [-0.1, -0.05) is 15.9 Å². The summed E-state index contributed by atoms with van der Waals surface area (Å²) in [5, 5.41) is 0. The molecule has 3 nitrogen and oxygen atoms in total. The van der Waals surface area contributed by atoms with Crippen molar-refractivity contribution in [2.24, 2.45) is 5.73 Å². The molecule has 1 aromatic rings. The fourth-order valence-electron chi connectivity index (χ4n) is 2.44. The Morgan fingerprint density at radius 2 is 1.79 bits per heavy atom. The molecule has 2 N–H and O–H groups in total. The van der Waals surface area contributed by atoms with Gasteiger partial charge in [-0.3, -0.25) is 0 Å². The third-order valence-corrected chi connectivity index (χ3v) is 4.71. The first-order chi connectivity index (χ1) is 8.79. The summed E-state index contributed by atoms with van der Waals surface area (Å²) in [5.74, 6) is 0.995. The molecule has 0 saturated heterocycles. The second-order valence-corrected chi connectivity index (χ2v) is 6.17. The van der Waals surface area contributed by atoms with Crippen molar-refractivity contribution in [3.63, 3.8) is 0 Å². The number of hydrogen-bond donors (Lipinski definition) is 1. The molecule has 0 bridgehead atoms. The second-order valence-electron chi connectivity index (χ2n) is 5.37. The summed E-state index contributed by atoms with van der Waals surface area (Å²) in [6.07, 6.45) is 0. The van der Waals surface area contributed by atoms with Crippen LogP contribution in [0.1, 0.15) is 29.2 Å². The van der Waals surface area contributed by atoms with Gasteiger partial charge in [0.25, 0.3) is 0 Å². The number of nitrogens with two attached hydrogens (primary N) is 1. The van der Waals surface area contributed by atoms with Crippen LogP contribution in [0.3, 0.4) is 0 Å². The standard InChI is InChI=1S/C15H25BrN2O/c1-9(17)7-18(5)8-13-12(4)14(16)10(2)11(3)15(13)19-6/h9H,7-8,17H2,1-6H3. The minimum Gasteiger partial charge on any atom is -0.496 e. The average Bonchev–Trinajstić information content (AvgIpc) is 2.33. The van der Waals surface area contributed by atoms with E-state index in [2.05, 4.69) is 48.6 Å². The van der Waals surface area contributed by atoms with Crippen molar-refractivity contribution in [3.8, 4) is 5.75 Å². The molecule has 4 heteroatoms. The van der Waals surface area contributed by atoms with E-state index in [1.807, 2.05) is 6.92 Å². The lowest BCUT2D eigenvalue weighted by Crippen LogP contribution is -2.32.